The Bertz CT molecular complexity index is 2720. The summed E-state index contributed by atoms with van der Waals surface area (Å²) in [6.07, 6.45) is 0. The SMILES string of the molecule is N#Cc1cc(-c2ccc(-c3c4ccccc4c(-c4ccccc4)c4ccccc34)cc2)c(C#N)c(-n2c3ccccc3c3ccccc32)c1. The fourth-order valence-corrected chi connectivity index (χ4v) is 7.57. The van der Waals surface area contributed by atoms with Crippen LogP contribution in [0.4, 0.5) is 0 Å². The number of hydrogen-bond donors (Lipinski definition) is 0. The van der Waals surface area contributed by atoms with Gasteiger partial charge in [0.05, 0.1) is 33.9 Å². The van der Waals surface area contributed by atoms with Gasteiger partial charge in [0, 0.05) is 16.3 Å². The first-order valence-electron chi connectivity index (χ1n) is 16.3. The van der Waals surface area contributed by atoms with E-state index in [1.165, 1.54) is 38.2 Å². The third-order valence-corrected chi connectivity index (χ3v) is 9.66. The lowest BCUT2D eigenvalue weighted by atomic mass is 9.85. The van der Waals surface area contributed by atoms with Crippen LogP contribution in [0.2, 0.25) is 0 Å². The van der Waals surface area contributed by atoms with Crippen molar-refractivity contribution in [3.63, 3.8) is 0 Å². The van der Waals surface area contributed by atoms with Crippen molar-refractivity contribution >= 4 is 43.4 Å². The van der Waals surface area contributed by atoms with Crippen LogP contribution >= 0.6 is 0 Å². The summed E-state index contributed by atoms with van der Waals surface area (Å²) < 4.78 is 2.12. The van der Waals surface area contributed by atoms with Crippen molar-refractivity contribution in [1.29, 1.82) is 10.5 Å². The van der Waals surface area contributed by atoms with Crippen LogP contribution in [0.25, 0.3) is 82.4 Å². The van der Waals surface area contributed by atoms with Gasteiger partial charge in [0.25, 0.3) is 0 Å². The molecule has 8 aromatic carbocycles. The highest BCUT2D eigenvalue weighted by atomic mass is 15.0. The van der Waals surface area contributed by atoms with E-state index in [1.807, 2.05) is 36.4 Å². The quantitative estimate of drug-likeness (QED) is 0.184. The van der Waals surface area contributed by atoms with Crippen LogP contribution in [0.15, 0.2) is 164 Å². The number of benzene rings is 8. The van der Waals surface area contributed by atoms with Crippen LogP contribution in [-0.4, -0.2) is 4.57 Å². The number of nitrogens with zero attached hydrogens (tertiary/aromatic N) is 3. The Labute approximate surface area is 283 Å². The molecule has 9 aromatic rings. The summed E-state index contributed by atoms with van der Waals surface area (Å²) in [5, 5.41) is 27.9. The predicted molar refractivity (Wildman–Crippen MR) is 202 cm³/mol. The van der Waals surface area contributed by atoms with Gasteiger partial charge in [-0.1, -0.05) is 140 Å². The van der Waals surface area contributed by atoms with Crippen molar-refractivity contribution in [3.05, 3.63) is 175 Å². The molecule has 3 nitrogen and oxygen atoms in total. The van der Waals surface area contributed by atoms with E-state index in [2.05, 4.69) is 144 Å². The second kappa shape index (κ2) is 11.4. The molecule has 0 aliphatic carbocycles. The van der Waals surface area contributed by atoms with Crippen molar-refractivity contribution < 1.29 is 0 Å². The molecule has 0 fully saturated rings. The molecule has 0 amide bonds. The van der Waals surface area contributed by atoms with E-state index < -0.39 is 0 Å². The van der Waals surface area contributed by atoms with Gasteiger partial charge in [-0.05, 0) is 73.6 Å². The molecule has 226 valence electrons. The molecule has 1 aromatic heterocycles. The minimum atomic E-state index is 0.503. The molecule has 0 atom stereocenters. The average molecular weight is 622 g/mol. The Morgan fingerprint density at radius 2 is 0.816 bits per heavy atom. The summed E-state index contributed by atoms with van der Waals surface area (Å²) in [5.41, 5.74) is 10.0. The number of nitriles is 2. The lowest BCUT2D eigenvalue weighted by Crippen LogP contribution is -2.01. The lowest BCUT2D eigenvalue weighted by molar-refractivity contribution is 1.16. The standard InChI is InChI=1S/C46H27N3/c47-28-30-26-40(41(29-48)44(27-30)49-42-20-10-8-14-34(42)35-15-9-11-21-43(35)49)31-22-24-33(25-23-31)46-38-18-6-4-16-36(38)45(32-12-2-1-3-13-32)37-17-5-7-19-39(37)46/h1-27H. The summed E-state index contributed by atoms with van der Waals surface area (Å²) in [7, 11) is 0. The second-order valence-corrected chi connectivity index (χ2v) is 12.3. The summed E-state index contributed by atoms with van der Waals surface area (Å²) in [4.78, 5) is 0. The Morgan fingerprint density at radius 1 is 0.388 bits per heavy atom. The van der Waals surface area contributed by atoms with Crippen molar-refractivity contribution in [2.75, 3.05) is 0 Å². The Balaban J connectivity index is 1.25. The molecule has 0 radical (unpaired) electrons. The Kier molecular flexibility index (Phi) is 6.58. The van der Waals surface area contributed by atoms with Crippen LogP contribution < -0.4 is 0 Å². The minimum absolute atomic E-state index is 0.503. The molecule has 0 N–H and O–H groups in total. The van der Waals surface area contributed by atoms with E-state index in [0.29, 0.717) is 16.8 Å². The number of para-hydroxylation sites is 2. The zero-order valence-corrected chi connectivity index (χ0v) is 26.4. The zero-order chi connectivity index (χ0) is 32.9. The molecular weight excluding hydrogens is 595 g/mol. The van der Waals surface area contributed by atoms with Crippen LogP contribution in [0.3, 0.4) is 0 Å². The molecule has 0 saturated heterocycles. The maximum Gasteiger partial charge on any atom is 0.102 e. The summed E-state index contributed by atoms with van der Waals surface area (Å²) >= 11 is 0. The largest absolute Gasteiger partial charge is 0.308 e. The fraction of sp³-hybridized carbons (Fsp3) is 0. The van der Waals surface area contributed by atoms with E-state index in [1.54, 1.807) is 0 Å². The molecule has 0 spiro atoms. The molecule has 9 rings (SSSR count). The van der Waals surface area contributed by atoms with Gasteiger partial charge < -0.3 is 4.57 Å². The first-order valence-corrected chi connectivity index (χ1v) is 16.3. The number of hydrogen-bond acceptors (Lipinski definition) is 2. The van der Waals surface area contributed by atoms with Gasteiger partial charge in [-0.2, -0.15) is 10.5 Å². The topological polar surface area (TPSA) is 52.5 Å². The molecular formula is C46H27N3. The maximum atomic E-state index is 10.7. The van der Waals surface area contributed by atoms with Crippen molar-refractivity contribution in [2.24, 2.45) is 0 Å². The summed E-state index contributed by atoms with van der Waals surface area (Å²) in [5.74, 6) is 0. The molecule has 0 unspecified atom stereocenters. The smallest absolute Gasteiger partial charge is 0.102 e. The summed E-state index contributed by atoms with van der Waals surface area (Å²) in [6, 6.07) is 61.3. The monoisotopic (exact) mass is 621 g/mol. The van der Waals surface area contributed by atoms with E-state index in [4.69, 9.17) is 0 Å². The minimum Gasteiger partial charge on any atom is -0.308 e. The molecule has 0 saturated carbocycles. The van der Waals surface area contributed by atoms with E-state index in [9.17, 15) is 10.5 Å². The van der Waals surface area contributed by atoms with Gasteiger partial charge >= 0.3 is 0 Å². The highest BCUT2D eigenvalue weighted by molar-refractivity contribution is 6.21. The first kappa shape index (κ1) is 28.3. The van der Waals surface area contributed by atoms with Gasteiger partial charge in [-0.3, -0.25) is 0 Å². The van der Waals surface area contributed by atoms with Gasteiger partial charge in [0.1, 0.15) is 6.07 Å². The molecule has 3 heteroatoms. The van der Waals surface area contributed by atoms with Crippen molar-refractivity contribution in [3.8, 4) is 51.2 Å². The highest BCUT2D eigenvalue weighted by Crippen LogP contribution is 2.44. The van der Waals surface area contributed by atoms with E-state index >= 15 is 0 Å². The van der Waals surface area contributed by atoms with E-state index in [-0.39, 0.29) is 0 Å². The third-order valence-electron chi connectivity index (χ3n) is 9.66. The second-order valence-electron chi connectivity index (χ2n) is 12.3. The molecule has 49 heavy (non-hydrogen) atoms. The van der Waals surface area contributed by atoms with Crippen LogP contribution in [-0.2, 0) is 0 Å². The van der Waals surface area contributed by atoms with Crippen LogP contribution in [0.5, 0.6) is 0 Å². The summed E-state index contributed by atoms with van der Waals surface area (Å²) in [6.45, 7) is 0. The van der Waals surface area contributed by atoms with Crippen molar-refractivity contribution in [2.45, 2.75) is 0 Å². The number of rotatable bonds is 4. The predicted octanol–water partition coefficient (Wildman–Crippen LogP) is 11.8. The lowest BCUT2D eigenvalue weighted by Gasteiger charge is -2.18. The first-order chi connectivity index (χ1) is 24.2. The molecule has 0 aliphatic heterocycles. The third kappa shape index (κ3) is 4.42. The zero-order valence-electron chi connectivity index (χ0n) is 26.4. The number of aromatic nitrogens is 1. The fourth-order valence-electron chi connectivity index (χ4n) is 7.57. The van der Waals surface area contributed by atoms with Gasteiger partial charge in [-0.15, -0.1) is 0 Å². The van der Waals surface area contributed by atoms with Gasteiger partial charge in [0.15, 0.2) is 0 Å². The van der Waals surface area contributed by atoms with E-state index in [0.717, 1.165) is 38.5 Å². The van der Waals surface area contributed by atoms with Gasteiger partial charge in [0.2, 0.25) is 0 Å². The van der Waals surface area contributed by atoms with Gasteiger partial charge in [-0.25, -0.2) is 0 Å². The van der Waals surface area contributed by atoms with Crippen LogP contribution in [0.1, 0.15) is 11.1 Å². The molecule has 1 heterocycles. The Morgan fingerprint density at radius 3 is 1.31 bits per heavy atom. The molecule has 0 bridgehead atoms. The Hall–Kier alpha value is -6.94. The maximum absolute atomic E-state index is 10.7. The average Bonchev–Trinajstić information content (AvgIpc) is 3.51. The highest BCUT2D eigenvalue weighted by Gasteiger charge is 2.20. The van der Waals surface area contributed by atoms with Crippen molar-refractivity contribution in [1.82, 2.24) is 4.57 Å². The normalized spacial score (nSPS) is 11.2. The number of fused-ring (bicyclic) bond motifs is 5. The molecule has 0 aliphatic rings. The van der Waals surface area contributed by atoms with Crippen LogP contribution in [0, 0.1) is 22.7 Å².